The highest BCUT2D eigenvalue weighted by molar-refractivity contribution is 7.82. The molecule has 0 bridgehead atoms. The smallest absolute Gasteiger partial charge is 0.329 e. The third-order valence-corrected chi connectivity index (χ3v) is 3.56. The molecule has 24 heavy (non-hydrogen) atoms. The Kier molecular flexibility index (Phi) is 8.10. The largest absolute Gasteiger partial charge is 0.467 e. The van der Waals surface area contributed by atoms with E-state index in [0.717, 1.165) is 14.2 Å². The molecule has 0 unspecified atom stereocenters. The van der Waals surface area contributed by atoms with E-state index in [1.807, 2.05) is 0 Å². The number of thiol groups is 2. The van der Waals surface area contributed by atoms with Crippen molar-refractivity contribution < 1.29 is 28.7 Å². The summed E-state index contributed by atoms with van der Waals surface area (Å²) in [6.45, 7) is 6.29. The van der Waals surface area contributed by atoms with Crippen LogP contribution in [0.1, 0.15) is 27.7 Å². The van der Waals surface area contributed by atoms with E-state index in [1.165, 1.54) is 0 Å². The zero-order valence-electron chi connectivity index (χ0n) is 14.5. The van der Waals surface area contributed by atoms with Crippen LogP contribution in [-0.2, 0) is 28.7 Å². The fourth-order valence-corrected chi connectivity index (χ4v) is 2.02. The van der Waals surface area contributed by atoms with Crippen molar-refractivity contribution in [1.29, 1.82) is 0 Å². The predicted octanol–water partition coefficient (Wildman–Crippen LogP) is -0.281. The summed E-state index contributed by atoms with van der Waals surface area (Å²) in [6, 6.07) is -2.32. The lowest BCUT2D eigenvalue weighted by Crippen LogP contribution is -2.59. The van der Waals surface area contributed by atoms with E-state index in [9.17, 15) is 19.2 Å². The lowest BCUT2D eigenvalue weighted by Gasteiger charge is -2.30. The van der Waals surface area contributed by atoms with Crippen molar-refractivity contribution in [2.75, 3.05) is 14.2 Å². The number of ether oxygens (including phenoxy) is 2. The van der Waals surface area contributed by atoms with Crippen molar-refractivity contribution in [3.63, 3.8) is 0 Å². The number of nitrogens with one attached hydrogen (secondary N) is 2. The highest BCUT2D eigenvalue weighted by atomic mass is 32.1. The maximum Gasteiger partial charge on any atom is 0.329 e. The number of methoxy groups -OCH3 is 2. The quantitative estimate of drug-likeness (QED) is 0.287. The van der Waals surface area contributed by atoms with Crippen molar-refractivity contribution in [2.24, 2.45) is 0 Å². The number of esters is 2. The first kappa shape index (κ1) is 22.6. The summed E-state index contributed by atoms with van der Waals surface area (Å²) in [5.41, 5.74) is 0. The third-order valence-electron chi connectivity index (χ3n) is 3.04. The van der Waals surface area contributed by atoms with Gasteiger partial charge >= 0.3 is 23.8 Å². The van der Waals surface area contributed by atoms with Crippen molar-refractivity contribution in [1.82, 2.24) is 10.6 Å². The highest BCUT2D eigenvalue weighted by Gasteiger charge is 2.39. The van der Waals surface area contributed by atoms with E-state index < -0.39 is 45.3 Å². The Morgan fingerprint density at radius 1 is 0.750 bits per heavy atom. The third kappa shape index (κ3) is 6.60. The predicted molar refractivity (Wildman–Crippen MR) is 94.0 cm³/mol. The van der Waals surface area contributed by atoms with Gasteiger partial charge in [0.05, 0.1) is 14.2 Å². The summed E-state index contributed by atoms with van der Waals surface area (Å²) >= 11 is 8.43. The van der Waals surface area contributed by atoms with Gasteiger partial charge in [-0.2, -0.15) is 25.3 Å². The van der Waals surface area contributed by atoms with Gasteiger partial charge in [0.25, 0.3) is 0 Å². The summed E-state index contributed by atoms with van der Waals surface area (Å²) in [5.74, 6) is -3.73. The zero-order chi connectivity index (χ0) is 19.3. The number of amides is 2. The van der Waals surface area contributed by atoms with Crippen LogP contribution in [0, 0.1) is 0 Å². The average Bonchev–Trinajstić information content (AvgIpc) is 2.45. The van der Waals surface area contributed by atoms with E-state index in [4.69, 9.17) is 0 Å². The Morgan fingerprint density at radius 3 is 1.17 bits per heavy atom. The molecule has 0 saturated heterocycles. The van der Waals surface area contributed by atoms with E-state index in [-0.39, 0.29) is 0 Å². The minimum Gasteiger partial charge on any atom is -0.467 e. The minimum absolute atomic E-state index is 0.754. The molecule has 0 fully saturated rings. The Bertz CT molecular complexity index is 464. The van der Waals surface area contributed by atoms with Gasteiger partial charge in [-0.05, 0) is 27.7 Å². The average molecular weight is 380 g/mol. The molecule has 0 aliphatic rings. The maximum atomic E-state index is 12.1. The first-order valence-electron chi connectivity index (χ1n) is 6.97. The fraction of sp³-hybridized carbons (Fsp3) is 0.714. The first-order valence-corrected chi connectivity index (χ1v) is 7.86. The van der Waals surface area contributed by atoms with Gasteiger partial charge in [0.2, 0.25) is 0 Å². The van der Waals surface area contributed by atoms with Crippen LogP contribution < -0.4 is 10.6 Å². The molecule has 0 aromatic carbocycles. The molecule has 2 atom stereocenters. The summed E-state index contributed by atoms with van der Waals surface area (Å²) in [6.07, 6.45) is 0. The summed E-state index contributed by atoms with van der Waals surface area (Å²) in [5, 5.41) is 4.48. The van der Waals surface area contributed by atoms with Crippen molar-refractivity contribution >= 4 is 49.0 Å². The van der Waals surface area contributed by atoms with E-state index in [0.29, 0.717) is 0 Å². The van der Waals surface area contributed by atoms with Crippen LogP contribution in [-0.4, -0.2) is 59.6 Å². The van der Waals surface area contributed by atoms with Crippen molar-refractivity contribution in [3.05, 3.63) is 0 Å². The fourth-order valence-electron chi connectivity index (χ4n) is 1.68. The summed E-state index contributed by atoms with van der Waals surface area (Å²) in [4.78, 5) is 47.6. The van der Waals surface area contributed by atoms with E-state index >= 15 is 0 Å². The Balaban J connectivity index is 5.19. The molecule has 8 nitrogen and oxygen atoms in total. The van der Waals surface area contributed by atoms with Gasteiger partial charge in [-0.1, -0.05) is 0 Å². The van der Waals surface area contributed by atoms with Crippen LogP contribution in [0.4, 0.5) is 0 Å². The highest BCUT2D eigenvalue weighted by Crippen LogP contribution is 2.20. The molecule has 0 aliphatic heterocycles. The molecule has 0 saturated carbocycles. The van der Waals surface area contributed by atoms with Gasteiger partial charge in [0, 0.05) is 9.49 Å². The maximum absolute atomic E-state index is 12.1. The first-order chi connectivity index (χ1) is 10.8. The van der Waals surface area contributed by atoms with Gasteiger partial charge in [0.15, 0.2) is 0 Å². The number of hydrogen-bond acceptors (Lipinski definition) is 8. The van der Waals surface area contributed by atoms with Crippen molar-refractivity contribution in [2.45, 2.75) is 49.3 Å². The second-order valence-corrected chi connectivity index (χ2v) is 8.47. The number of carbonyl (C=O) groups is 4. The van der Waals surface area contributed by atoms with Crippen LogP contribution >= 0.6 is 25.3 Å². The normalized spacial score (nSPS) is 14.2. The molecule has 0 heterocycles. The number of hydrogen-bond donors (Lipinski definition) is 4. The van der Waals surface area contributed by atoms with Gasteiger partial charge in [0.1, 0.15) is 12.1 Å². The Morgan fingerprint density at radius 2 is 1.00 bits per heavy atom. The van der Waals surface area contributed by atoms with Crippen LogP contribution in [0.25, 0.3) is 0 Å². The lowest BCUT2D eigenvalue weighted by atomic mass is 10.0. The number of carbonyl (C=O) groups excluding carboxylic acids is 4. The lowest BCUT2D eigenvalue weighted by molar-refractivity contribution is -0.150. The van der Waals surface area contributed by atoms with Gasteiger partial charge in [-0.15, -0.1) is 0 Å². The summed E-state index contributed by atoms with van der Waals surface area (Å²) < 4.78 is 7.22. The van der Waals surface area contributed by atoms with Crippen LogP contribution in [0.15, 0.2) is 0 Å². The van der Waals surface area contributed by atoms with Crippen LogP contribution in [0.3, 0.4) is 0 Å². The molecular weight excluding hydrogens is 356 g/mol. The second kappa shape index (κ2) is 8.61. The Hall–Kier alpha value is -1.42. The molecule has 2 N–H and O–H groups in total. The topological polar surface area (TPSA) is 111 Å². The molecule has 0 aromatic rings. The SMILES string of the molecule is COC(=O)[C@@H](NC(=O)C(=O)N[C@H](C(=O)OC)C(C)(C)S)C(C)(C)S. The van der Waals surface area contributed by atoms with Gasteiger partial charge < -0.3 is 20.1 Å². The number of rotatable bonds is 6. The molecule has 0 rings (SSSR count). The standard InChI is InChI=1S/C14H24N2O6S2/c1-13(2,23)7(11(19)21-5)15-9(17)10(18)16-8(12(20)22-6)14(3,4)24/h7-8,23-24H,1-6H3,(H,15,17)(H,16,18)/t7-,8-/m1/s1. The molecule has 0 spiro atoms. The Labute approximate surface area is 152 Å². The molecule has 138 valence electrons. The van der Waals surface area contributed by atoms with Gasteiger partial charge in [-0.3, -0.25) is 9.59 Å². The van der Waals surface area contributed by atoms with Crippen molar-refractivity contribution in [3.8, 4) is 0 Å². The molecule has 0 aliphatic carbocycles. The van der Waals surface area contributed by atoms with Crippen LogP contribution in [0.5, 0.6) is 0 Å². The van der Waals surface area contributed by atoms with E-state index in [1.54, 1.807) is 27.7 Å². The second-order valence-electron chi connectivity index (χ2n) is 6.17. The summed E-state index contributed by atoms with van der Waals surface area (Å²) in [7, 11) is 2.30. The molecule has 2 amide bonds. The van der Waals surface area contributed by atoms with E-state index in [2.05, 4.69) is 45.4 Å². The monoisotopic (exact) mass is 380 g/mol. The van der Waals surface area contributed by atoms with Crippen LogP contribution in [0.2, 0.25) is 0 Å². The van der Waals surface area contributed by atoms with Gasteiger partial charge in [-0.25, -0.2) is 9.59 Å². The zero-order valence-corrected chi connectivity index (χ0v) is 16.3. The molecule has 10 heteroatoms. The molecular formula is C14H24N2O6S2. The molecule has 0 aromatic heterocycles. The molecule has 0 radical (unpaired) electrons. The minimum atomic E-state index is -1.16.